The molecule has 2 saturated heterocycles. The quantitative estimate of drug-likeness (QED) is 0.439. The fourth-order valence-corrected chi connectivity index (χ4v) is 19.3. The number of rotatable bonds is 8. The van der Waals surface area contributed by atoms with Gasteiger partial charge in [0, 0.05) is 0 Å². The minimum atomic E-state index is -3.91. The summed E-state index contributed by atoms with van der Waals surface area (Å²) in [6.07, 6.45) is 4.48. The van der Waals surface area contributed by atoms with E-state index in [4.69, 9.17) is 0 Å². The Labute approximate surface area is 142 Å². The van der Waals surface area contributed by atoms with Crippen LogP contribution in [0.5, 0.6) is 0 Å². The van der Waals surface area contributed by atoms with Gasteiger partial charge in [-0.25, -0.2) is 0 Å². The second-order valence-electron chi connectivity index (χ2n) is 6.44. The number of nitrogens with zero attached hydrogens (tertiary/aromatic N) is 2. The molecule has 7 heteroatoms. The second-order valence-corrected chi connectivity index (χ2v) is 17.5. The third-order valence-electron chi connectivity index (χ3n) is 4.80. The van der Waals surface area contributed by atoms with Crippen LogP contribution in [0.4, 0.5) is 0 Å². The van der Waals surface area contributed by atoms with E-state index in [0.717, 1.165) is 25.7 Å². The van der Waals surface area contributed by atoms with Gasteiger partial charge >= 0.3 is 142 Å². The van der Waals surface area contributed by atoms with Crippen molar-refractivity contribution in [2.45, 2.75) is 74.1 Å². The van der Waals surface area contributed by atoms with Crippen LogP contribution in [-0.2, 0) is 19.2 Å². The van der Waals surface area contributed by atoms with Gasteiger partial charge in [0.25, 0.3) is 0 Å². The fourth-order valence-electron chi connectivity index (χ4n) is 3.67. The van der Waals surface area contributed by atoms with E-state index in [1.807, 2.05) is 0 Å². The van der Waals surface area contributed by atoms with Crippen molar-refractivity contribution < 1.29 is 19.2 Å². The van der Waals surface area contributed by atoms with Crippen molar-refractivity contribution in [3.8, 4) is 0 Å². The number of hydrogen-bond donors (Lipinski definition) is 0. The fraction of sp³-hybridized carbons (Fsp3) is 0.750. The van der Waals surface area contributed by atoms with Gasteiger partial charge in [-0.2, -0.15) is 0 Å². The zero-order valence-corrected chi connectivity index (χ0v) is 17.0. The molecule has 23 heavy (non-hydrogen) atoms. The zero-order valence-electron chi connectivity index (χ0n) is 14.1. The summed E-state index contributed by atoms with van der Waals surface area (Å²) in [6, 6.07) is 0. The van der Waals surface area contributed by atoms with Crippen LogP contribution >= 0.6 is 0 Å². The average Bonchev–Trinajstić information content (AvgIpc) is 3.04. The Morgan fingerprint density at radius 1 is 0.696 bits per heavy atom. The van der Waals surface area contributed by atoms with Gasteiger partial charge in [0.15, 0.2) is 0 Å². The van der Waals surface area contributed by atoms with Crippen LogP contribution in [0, 0.1) is 0 Å². The molecule has 0 aromatic carbocycles. The van der Waals surface area contributed by atoms with E-state index in [1.165, 1.54) is 6.24 Å². The summed E-state index contributed by atoms with van der Waals surface area (Å²) in [4.78, 5) is 49.7. The normalized spacial score (nSPS) is 19.4. The molecule has 0 saturated carbocycles. The molecule has 128 valence electrons. The Kier molecular flexibility index (Phi) is 6.22. The molecule has 0 aromatic rings. The first-order valence-electron chi connectivity index (χ1n) is 8.69. The molecule has 0 unspecified atom stereocenters. The van der Waals surface area contributed by atoms with Crippen molar-refractivity contribution >= 4 is 42.6 Å². The zero-order chi connectivity index (χ0) is 17.0. The number of carbonyl (C=O) groups excluding carboxylic acids is 4. The topological polar surface area (TPSA) is 74.8 Å². The van der Waals surface area contributed by atoms with E-state index >= 15 is 0 Å². The van der Waals surface area contributed by atoms with E-state index in [1.54, 1.807) is 0 Å². The molecule has 2 rings (SSSR count). The summed E-state index contributed by atoms with van der Waals surface area (Å²) in [5.41, 5.74) is 0. The van der Waals surface area contributed by atoms with Crippen LogP contribution in [0.1, 0.15) is 65.2 Å². The summed E-state index contributed by atoms with van der Waals surface area (Å²) >= 11 is -3.91. The number of amides is 4. The van der Waals surface area contributed by atoms with Crippen molar-refractivity contribution in [2.24, 2.45) is 0 Å². The molecule has 0 aliphatic carbocycles. The second kappa shape index (κ2) is 7.77. The van der Waals surface area contributed by atoms with Gasteiger partial charge in [-0.3, -0.25) is 0 Å². The summed E-state index contributed by atoms with van der Waals surface area (Å²) in [5, 5.41) is 0. The van der Waals surface area contributed by atoms with Gasteiger partial charge in [-0.1, -0.05) is 0 Å². The minimum absolute atomic E-state index is 0.162. The maximum absolute atomic E-state index is 12.4. The van der Waals surface area contributed by atoms with Crippen molar-refractivity contribution in [1.82, 2.24) is 6.24 Å². The Balaban J connectivity index is 2.49. The van der Waals surface area contributed by atoms with Crippen LogP contribution in [-0.4, -0.2) is 48.8 Å². The Bertz CT molecular complexity index is 442. The van der Waals surface area contributed by atoms with Crippen molar-refractivity contribution in [3.63, 3.8) is 0 Å². The van der Waals surface area contributed by atoms with E-state index < -0.39 is 18.9 Å². The summed E-state index contributed by atoms with van der Waals surface area (Å²) in [7, 11) is 0. The average molecular weight is 429 g/mol. The summed E-state index contributed by atoms with van der Waals surface area (Å²) in [5.74, 6) is -0.646. The van der Waals surface area contributed by atoms with Gasteiger partial charge in [-0.05, 0) is 0 Å². The molecule has 0 spiro atoms. The predicted octanol–water partition coefficient (Wildman–Crippen LogP) is 2.33. The predicted molar refractivity (Wildman–Crippen MR) is 87.4 cm³/mol. The van der Waals surface area contributed by atoms with Crippen LogP contribution in [0.15, 0.2) is 0 Å². The molecule has 2 aliphatic rings. The Morgan fingerprint density at radius 3 is 1.26 bits per heavy atom. The SMILES string of the molecule is CCC[CH2][Sn]([CH2]CCC)([N]1C(=O)CCC1=O)[N]1C(=O)CCC1=O. The molecule has 0 atom stereocenters. The molecule has 2 fully saturated rings. The first-order valence-corrected chi connectivity index (χ1v) is 15.3. The van der Waals surface area contributed by atoms with E-state index in [2.05, 4.69) is 13.8 Å². The van der Waals surface area contributed by atoms with Gasteiger partial charge in [0.05, 0.1) is 0 Å². The van der Waals surface area contributed by atoms with E-state index in [-0.39, 0.29) is 49.3 Å². The first-order chi connectivity index (χ1) is 11.0. The monoisotopic (exact) mass is 430 g/mol. The number of carbonyl (C=O) groups is 4. The van der Waals surface area contributed by atoms with Crippen LogP contribution in [0.3, 0.4) is 0 Å². The van der Waals surface area contributed by atoms with Gasteiger partial charge in [-0.15, -0.1) is 0 Å². The standard InChI is InChI=1S/2C4H5NO2.2C4H9.Sn/c2*6-3-1-2-4(7)5-3;2*1-3-4-2;/h2*1-2H2,(H,5,6,7);2*1,3-4H2,2H3;/q;;;;+2/p-2. The summed E-state index contributed by atoms with van der Waals surface area (Å²) < 4.78 is 4.31. The molecule has 0 bridgehead atoms. The third-order valence-corrected chi connectivity index (χ3v) is 19.0. The Hall–Kier alpha value is -0.921. The molecule has 2 aliphatic heterocycles. The molecular weight excluding hydrogens is 403 g/mol. The first kappa shape index (κ1) is 18.4. The van der Waals surface area contributed by atoms with Gasteiger partial charge in [0.2, 0.25) is 0 Å². The number of unbranched alkanes of at least 4 members (excludes halogenated alkanes) is 2. The molecule has 2 heterocycles. The molecule has 0 radical (unpaired) electrons. The van der Waals surface area contributed by atoms with Crippen LogP contribution in [0.2, 0.25) is 8.87 Å². The molecule has 0 N–H and O–H groups in total. The molecule has 6 nitrogen and oxygen atoms in total. The maximum atomic E-state index is 12.4. The van der Waals surface area contributed by atoms with E-state index in [0.29, 0.717) is 8.87 Å². The summed E-state index contributed by atoms with van der Waals surface area (Å²) in [6.45, 7) is 4.11. The van der Waals surface area contributed by atoms with Crippen molar-refractivity contribution in [3.05, 3.63) is 0 Å². The molecule has 0 aromatic heterocycles. The van der Waals surface area contributed by atoms with E-state index in [9.17, 15) is 19.2 Å². The Morgan fingerprint density at radius 2 is 1.00 bits per heavy atom. The molecular formula is C16H26N2O4Sn. The molecule has 4 amide bonds. The van der Waals surface area contributed by atoms with Gasteiger partial charge < -0.3 is 0 Å². The number of hydrogen-bond acceptors (Lipinski definition) is 4. The number of imide groups is 2. The van der Waals surface area contributed by atoms with Crippen molar-refractivity contribution in [2.75, 3.05) is 0 Å². The van der Waals surface area contributed by atoms with Gasteiger partial charge in [0.1, 0.15) is 0 Å². The van der Waals surface area contributed by atoms with Crippen LogP contribution < -0.4 is 0 Å². The van der Waals surface area contributed by atoms with Crippen molar-refractivity contribution in [1.29, 1.82) is 0 Å². The van der Waals surface area contributed by atoms with Crippen LogP contribution in [0.25, 0.3) is 0 Å². The third kappa shape index (κ3) is 3.46.